The maximum Gasteiger partial charge on any atom is 0.345 e. The van der Waals surface area contributed by atoms with Crippen molar-refractivity contribution in [3.8, 4) is 34.5 Å². The molecule has 0 fully saturated rings. The number of ether oxygens (including phenoxy) is 1. The van der Waals surface area contributed by atoms with Crippen LogP contribution in [0.15, 0.2) is 48.5 Å². The van der Waals surface area contributed by atoms with Crippen LogP contribution in [0.5, 0.6) is 34.5 Å². The van der Waals surface area contributed by atoms with Gasteiger partial charge in [0.2, 0.25) is 6.10 Å². The first kappa shape index (κ1) is 34.3. The molecule has 0 aliphatic heterocycles. The second-order valence-corrected chi connectivity index (χ2v) is 10.5. The molecule has 45 heavy (non-hydrogen) atoms. The molecule has 0 heterocycles. The van der Waals surface area contributed by atoms with Crippen molar-refractivity contribution >= 4 is 29.7 Å². The third-order valence-electron chi connectivity index (χ3n) is 7.11. The van der Waals surface area contributed by atoms with E-state index in [1.165, 1.54) is 42.5 Å². The predicted octanol–water partition coefficient (Wildman–Crippen LogP) is 5.22. The Hall–Kier alpha value is -5.16. The number of phenolic OH excluding ortho intramolecular Hbond substituents is 6. The smallest absolute Gasteiger partial charge is 0.345 e. The Balaban J connectivity index is 2.01. The summed E-state index contributed by atoms with van der Waals surface area (Å²) in [5, 5.41) is 79.0. The highest BCUT2D eigenvalue weighted by Gasteiger charge is 2.23. The molecule has 0 unspecified atom stereocenters. The summed E-state index contributed by atoms with van der Waals surface area (Å²) in [7, 11) is 0. The van der Waals surface area contributed by atoms with Crippen LogP contribution >= 0.6 is 0 Å². The van der Waals surface area contributed by atoms with Crippen LogP contribution in [0.25, 0.3) is 17.7 Å². The van der Waals surface area contributed by atoms with Crippen LogP contribution in [0.3, 0.4) is 0 Å². The molecule has 0 aromatic heterocycles. The molecule has 240 valence electrons. The lowest BCUT2D eigenvalue weighted by molar-refractivity contribution is -0.160. The Morgan fingerprint density at radius 2 is 1.40 bits per heavy atom. The third kappa shape index (κ3) is 9.67. The number of benzene rings is 3. The average Bonchev–Trinajstić information content (AvgIpc) is 2.99. The van der Waals surface area contributed by atoms with Crippen LogP contribution in [0.1, 0.15) is 66.8 Å². The van der Waals surface area contributed by atoms with Crippen molar-refractivity contribution in [2.24, 2.45) is 0 Å². The van der Waals surface area contributed by atoms with Crippen molar-refractivity contribution in [2.75, 3.05) is 6.61 Å². The van der Waals surface area contributed by atoms with Crippen molar-refractivity contribution in [3.05, 3.63) is 76.4 Å². The molecule has 0 bridgehead atoms. The van der Waals surface area contributed by atoms with Gasteiger partial charge in [0.05, 0.1) is 0 Å². The Bertz CT molecular complexity index is 1570. The number of aliphatic hydroxyl groups is 1. The van der Waals surface area contributed by atoms with E-state index in [0.717, 1.165) is 18.9 Å². The average molecular weight is 623 g/mol. The zero-order chi connectivity index (χ0) is 33.1. The number of aryl methyl sites for hydroxylation is 1. The van der Waals surface area contributed by atoms with Gasteiger partial charge in [-0.25, -0.2) is 9.59 Å². The molecular weight excluding hydrogens is 584 g/mol. The van der Waals surface area contributed by atoms with Crippen molar-refractivity contribution < 1.29 is 55.2 Å². The summed E-state index contributed by atoms with van der Waals surface area (Å²) in [5.74, 6) is -4.75. The summed E-state index contributed by atoms with van der Waals surface area (Å²) in [6.45, 7) is 1.92. The molecular formula is C34H38O11. The summed E-state index contributed by atoms with van der Waals surface area (Å²) in [4.78, 5) is 25.0. The Kier molecular flexibility index (Phi) is 12.3. The van der Waals surface area contributed by atoms with Crippen LogP contribution in [-0.4, -0.2) is 65.5 Å². The first-order valence-corrected chi connectivity index (χ1v) is 14.5. The minimum Gasteiger partial charge on any atom is -0.504 e. The van der Waals surface area contributed by atoms with E-state index in [2.05, 4.69) is 0 Å². The standard InChI is InChI=1S/C34H38O11/c1-2-3-4-6-23(18-33(42)45-32(34(43)44)14-20-8-11-26(36)27(37)13-20)25-19-31(41)30(40)17-24(25)10-9-22-16-29(39)28(38)15-21(22)7-5-12-35/h8-11,13,15-19,32,35-41H,2-7,12,14H2,1H3,(H,43,44)/b10-9-,23-18+/t32-/m1/s1. The highest BCUT2D eigenvalue weighted by molar-refractivity contribution is 5.95. The molecule has 0 aliphatic rings. The number of carboxylic acids is 1. The number of aliphatic carboxylic acids is 1. The van der Waals surface area contributed by atoms with Gasteiger partial charge in [-0.2, -0.15) is 0 Å². The van der Waals surface area contributed by atoms with Gasteiger partial charge in [0.1, 0.15) is 0 Å². The summed E-state index contributed by atoms with van der Waals surface area (Å²) < 4.78 is 5.28. The molecule has 3 aromatic rings. The number of hydrogen-bond acceptors (Lipinski definition) is 10. The maximum atomic E-state index is 13.1. The number of phenols is 6. The van der Waals surface area contributed by atoms with Crippen LogP contribution < -0.4 is 0 Å². The number of carbonyl (C=O) groups excluding carboxylic acids is 1. The maximum absolute atomic E-state index is 13.1. The SMILES string of the molecule is CCCCC/C(=C\C(=O)O[C@H](Cc1ccc(O)c(O)c1)C(=O)O)c1cc(O)c(O)cc1/C=C\c1cc(O)c(O)cc1CCCO. The zero-order valence-electron chi connectivity index (χ0n) is 24.8. The van der Waals surface area contributed by atoms with Gasteiger partial charge in [0.15, 0.2) is 34.5 Å². The highest BCUT2D eigenvalue weighted by Crippen LogP contribution is 2.36. The van der Waals surface area contributed by atoms with Crippen LogP contribution in [0, 0.1) is 0 Å². The van der Waals surface area contributed by atoms with Crippen LogP contribution in [0.2, 0.25) is 0 Å². The van der Waals surface area contributed by atoms with E-state index in [-0.39, 0.29) is 30.3 Å². The number of aliphatic hydroxyl groups excluding tert-OH is 1. The molecule has 1 atom stereocenters. The number of unbranched alkanes of at least 4 members (excludes halogenated alkanes) is 2. The van der Waals surface area contributed by atoms with Crippen molar-refractivity contribution in [1.82, 2.24) is 0 Å². The van der Waals surface area contributed by atoms with Crippen molar-refractivity contribution in [1.29, 1.82) is 0 Å². The van der Waals surface area contributed by atoms with E-state index in [4.69, 9.17) is 4.74 Å². The third-order valence-corrected chi connectivity index (χ3v) is 7.11. The Morgan fingerprint density at radius 1 is 0.778 bits per heavy atom. The fourth-order valence-corrected chi connectivity index (χ4v) is 4.72. The molecule has 0 spiro atoms. The lowest BCUT2D eigenvalue weighted by Crippen LogP contribution is -2.28. The van der Waals surface area contributed by atoms with E-state index in [0.29, 0.717) is 59.1 Å². The van der Waals surface area contributed by atoms with Crippen LogP contribution in [-0.2, 0) is 27.2 Å². The fourth-order valence-electron chi connectivity index (χ4n) is 4.72. The monoisotopic (exact) mass is 622 g/mol. The molecule has 8 N–H and O–H groups in total. The molecule has 0 radical (unpaired) electrons. The molecule has 0 saturated carbocycles. The van der Waals surface area contributed by atoms with E-state index in [1.54, 1.807) is 12.2 Å². The quantitative estimate of drug-likeness (QED) is 0.0363. The molecule has 0 aliphatic carbocycles. The normalized spacial score (nSPS) is 12.4. The van der Waals surface area contributed by atoms with Gasteiger partial charge >= 0.3 is 11.9 Å². The van der Waals surface area contributed by atoms with Crippen molar-refractivity contribution in [3.63, 3.8) is 0 Å². The van der Waals surface area contributed by atoms with Gasteiger partial charge in [0, 0.05) is 19.1 Å². The van der Waals surface area contributed by atoms with Crippen molar-refractivity contribution in [2.45, 2.75) is 58.0 Å². The minimum atomic E-state index is -1.61. The summed E-state index contributed by atoms with van der Waals surface area (Å²) in [6, 6.07) is 9.09. The zero-order valence-corrected chi connectivity index (χ0v) is 24.8. The Labute approximate surface area is 260 Å². The minimum absolute atomic E-state index is 0.0804. The second kappa shape index (κ2) is 16.1. The molecule has 11 nitrogen and oxygen atoms in total. The molecule has 0 saturated heterocycles. The lowest BCUT2D eigenvalue weighted by Gasteiger charge is -2.16. The van der Waals surface area contributed by atoms with E-state index < -0.39 is 35.3 Å². The van der Waals surface area contributed by atoms with E-state index >= 15 is 0 Å². The summed E-state index contributed by atoms with van der Waals surface area (Å²) in [6.07, 6.45) is 5.96. The fraction of sp³-hybridized carbons (Fsp3) is 0.294. The number of rotatable bonds is 15. The van der Waals surface area contributed by atoms with E-state index in [9.17, 15) is 50.4 Å². The number of allylic oxidation sites excluding steroid dienone is 1. The van der Waals surface area contributed by atoms with Gasteiger partial charge in [0.25, 0.3) is 0 Å². The number of carboxylic acid groups (broad SMARTS) is 1. The second-order valence-electron chi connectivity index (χ2n) is 10.5. The molecule has 0 amide bonds. The number of carbonyl (C=O) groups is 2. The van der Waals surface area contributed by atoms with E-state index in [1.807, 2.05) is 6.92 Å². The van der Waals surface area contributed by atoms with Gasteiger partial charge in [-0.3, -0.25) is 0 Å². The number of hydrogen-bond donors (Lipinski definition) is 8. The number of aromatic hydroxyl groups is 6. The number of esters is 1. The Morgan fingerprint density at radius 3 is 2.04 bits per heavy atom. The predicted molar refractivity (Wildman–Crippen MR) is 167 cm³/mol. The lowest BCUT2D eigenvalue weighted by atomic mass is 9.93. The highest BCUT2D eigenvalue weighted by atomic mass is 16.6. The summed E-state index contributed by atoms with van der Waals surface area (Å²) in [5.41, 5.74) is 2.64. The van der Waals surface area contributed by atoms with Gasteiger partial charge in [-0.15, -0.1) is 0 Å². The molecule has 3 aromatic carbocycles. The first-order valence-electron chi connectivity index (χ1n) is 14.5. The molecule has 3 rings (SSSR count). The molecule has 11 heteroatoms. The van der Waals surface area contributed by atoms with Crippen LogP contribution in [0.4, 0.5) is 0 Å². The topological polar surface area (TPSA) is 205 Å². The first-order chi connectivity index (χ1) is 21.4. The van der Waals surface area contributed by atoms with Gasteiger partial charge in [-0.1, -0.05) is 38.0 Å². The largest absolute Gasteiger partial charge is 0.504 e. The van der Waals surface area contributed by atoms with Gasteiger partial charge in [-0.05, 0) is 95.5 Å². The summed E-state index contributed by atoms with van der Waals surface area (Å²) >= 11 is 0. The van der Waals surface area contributed by atoms with Gasteiger partial charge < -0.3 is 45.6 Å².